The van der Waals surface area contributed by atoms with Gasteiger partial charge in [0.2, 0.25) is 6.79 Å². The fourth-order valence-electron chi connectivity index (χ4n) is 9.04. The van der Waals surface area contributed by atoms with Crippen LogP contribution in [0.15, 0.2) is 5.16 Å². The van der Waals surface area contributed by atoms with Crippen molar-refractivity contribution in [2.24, 2.45) is 28.8 Å². The van der Waals surface area contributed by atoms with E-state index >= 15 is 0 Å². The van der Waals surface area contributed by atoms with Gasteiger partial charge in [-0.25, -0.2) is 0 Å². The van der Waals surface area contributed by atoms with E-state index in [0.717, 1.165) is 0 Å². The fourth-order valence-corrected chi connectivity index (χ4v) is 9.04. The predicted octanol–water partition coefficient (Wildman–Crippen LogP) is 2.22. The average molecular weight is 853 g/mol. The van der Waals surface area contributed by atoms with Gasteiger partial charge in [-0.05, 0) is 54.4 Å². The second-order valence-electron chi connectivity index (χ2n) is 18.2. The summed E-state index contributed by atoms with van der Waals surface area (Å²) in [5, 5.41) is 76.8. The van der Waals surface area contributed by atoms with Gasteiger partial charge in [-0.1, -0.05) is 32.9 Å². The number of rotatable bonds is 13. The lowest BCUT2D eigenvalue weighted by Gasteiger charge is -2.51. The summed E-state index contributed by atoms with van der Waals surface area (Å²) in [4.78, 5) is 19.9. The minimum atomic E-state index is -1.99. The predicted molar refractivity (Wildman–Crippen MR) is 214 cm³/mol. The number of aliphatic hydroxyl groups excluding tert-OH is 3. The van der Waals surface area contributed by atoms with Gasteiger partial charge in [0, 0.05) is 44.8 Å². The lowest BCUT2D eigenvalue weighted by molar-refractivity contribution is -0.874. The number of quaternary nitrogens is 1. The lowest BCUT2D eigenvalue weighted by Crippen LogP contribution is -2.63. The Kier molecular flexibility index (Phi) is 18.6. The fraction of sp³-hybridized carbons (Fsp3) is 0.951. The first-order valence-electron chi connectivity index (χ1n) is 20.9. The van der Waals surface area contributed by atoms with E-state index in [4.69, 9.17) is 42.7 Å². The summed E-state index contributed by atoms with van der Waals surface area (Å²) >= 11 is 0. The van der Waals surface area contributed by atoms with E-state index in [2.05, 4.69) is 5.16 Å². The van der Waals surface area contributed by atoms with Crippen LogP contribution in [0, 0.1) is 28.9 Å². The maximum atomic E-state index is 14.3. The average Bonchev–Trinajstić information content (AvgIpc) is 3.15. The number of aliphatic hydroxyl groups is 5. The molecule has 346 valence electrons. The van der Waals surface area contributed by atoms with Gasteiger partial charge < -0.3 is 78.1 Å². The van der Waals surface area contributed by atoms with E-state index < -0.39 is 119 Å². The Balaban J connectivity index is 2.23. The van der Waals surface area contributed by atoms with Crippen molar-refractivity contribution < 1.29 is 77.7 Å². The zero-order valence-corrected chi connectivity index (χ0v) is 37.7. The van der Waals surface area contributed by atoms with Crippen molar-refractivity contribution >= 4 is 11.7 Å². The molecule has 3 fully saturated rings. The highest BCUT2D eigenvalue weighted by atomic mass is 16.7. The third kappa shape index (κ3) is 12.5. The van der Waals surface area contributed by atoms with Crippen molar-refractivity contribution in [3.05, 3.63) is 5.21 Å². The number of methoxy groups -OCH3 is 2. The van der Waals surface area contributed by atoms with E-state index in [1.54, 1.807) is 55.4 Å². The van der Waals surface area contributed by atoms with Crippen LogP contribution in [0.25, 0.3) is 0 Å². The summed E-state index contributed by atoms with van der Waals surface area (Å²) in [7, 11) is 5.87. The standard InChI is InChI=1S/C41H76N2O16/c1-15-29-41(10,49)34(45)24(4)31(42-54-21-53-17-16-51-13)22(2)19-39(8,48)36(59-38-32(44)28(43(11,12)50)18-23(3)55-38)25(5)33(26(6)37(47)57-29)58-30-20-40(9,52-14)35(46)27(7)56-30/h22-30,32-36,38,44-46,48-49H,15-21H2,1-14H3/b42-31+/t22-,23-,24+,25+,26-,27+,28+,29-,30+,32-,33+,34-,35+,36-,38+,39-,40-,41-/m1/s1. The molecule has 18 atom stereocenters. The molecule has 3 rings (SSSR count). The Morgan fingerprint density at radius 3 is 2.14 bits per heavy atom. The van der Waals surface area contributed by atoms with Crippen LogP contribution < -0.4 is 0 Å². The van der Waals surface area contributed by atoms with E-state index in [9.17, 15) is 35.5 Å². The molecule has 0 unspecified atom stereocenters. The first-order valence-corrected chi connectivity index (χ1v) is 20.9. The van der Waals surface area contributed by atoms with Crippen molar-refractivity contribution in [2.75, 3.05) is 48.3 Å². The number of hydroxylamine groups is 3. The van der Waals surface area contributed by atoms with Gasteiger partial charge in [-0.15, -0.1) is 0 Å². The molecular formula is C41H76N2O16. The van der Waals surface area contributed by atoms with Crippen molar-refractivity contribution in [1.29, 1.82) is 0 Å². The summed E-state index contributed by atoms with van der Waals surface area (Å²) in [5.74, 6) is -4.39. The molecule has 0 radical (unpaired) electrons. The van der Waals surface area contributed by atoms with Crippen LogP contribution in [-0.4, -0.2) is 174 Å². The van der Waals surface area contributed by atoms with Crippen LogP contribution in [0.5, 0.6) is 0 Å². The number of nitrogens with zero attached hydrogens (tertiary/aromatic N) is 2. The summed E-state index contributed by atoms with van der Waals surface area (Å²) in [5.41, 5.74) is -4.67. The number of esters is 1. The molecule has 0 aromatic carbocycles. The van der Waals surface area contributed by atoms with E-state index in [1.807, 2.05) is 0 Å². The number of carbonyl (C=O) groups excluding carboxylic acids is 1. The van der Waals surface area contributed by atoms with Gasteiger partial charge in [0.05, 0.1) is 80.7 Å². The number of hydrogen-bond donors (Lipinski definition) is 5. The van der Waals surface area contributed by atoms with Crippen molar-refractivity contribution in [2.45, 2.75) is 179 Å². The maximum absolute atomic E-state index is 14.3. The normalized spacial score (nSPS) is 45.5. The molecule has 5 N–H and O–H groups in total. The second kappa shape index (κ2) is 21.2. The number of likely N-dealkylation sites (N-methyl/N-ethyl adjacent to an activating group) is 1. The molecule has 3 aliphatic heterocycles. The number of cyclic esters (lactones) is 1. The third-order valence-corrected chi connectivity index (χ3v) is 12.7. The summed E-state index contributed by atoms with van der Waals surface area (Å²) in [6.07, 6.45) is -10.9. The minimum absolute atomic E-state index is 0.0600. The SMILES string of the molecule is CC[C@H]1OC(=O)[C@H](C)[C@@H](O[C@H]2C[C@@](C)(OC)[C@@H](O)[C@H](C)O2)[C@H](C)[C@@H](O[C@@H]2O[C@H](C)C[C@H]([N+](C)(C)[O-])[C@H]2O)[C@](C)(O)C[C@@H](C)/C(=N\OCOCCOC)[C@H](C)[C@@H](O)[C@]1(C)O. The van der Waals surface area contributed by atoms with Gasteiger partial charge in [0.15, 0.2) is 18.7 Å². The van der Waals surface area contributed by atoms with E-state index in [0.29, 0.717) is 6.61 Å². The topological polar surface area (TPSA) is 237 Å². The summed E-state index contributed by atoms with van der Waals surface area (Å²) in [6, 6.07) is -0.833. The van der Waals surface area contributed by atoms with Gasteiger partial charge in [0.25, 0.3) is 0 Å². The molecule has 0 aliphatic carbocycles. The number of carbonyl (C=O) groups is 1. The molecule has 3 aliphatic rings. The van der Waals surface area contributed by atoms with Gasteiger partial charge in [0.1, 0.15) is 23.9 Å². The Hall–Kier alpha value is -1.62. The lowest BCUT2D eigenvalue weighted by atomic mass is 9.73. The number of ether oxygens (including phenoxy) is 8. The Morgan fingerprint density at radius 1 is 0.915 bits per heavy atom. The molecule has 0 spiro atoms. The van der Waals surface area contributed by atoms with Crippen LogP contribution in [0.1, 0.15) is 94.9 Å². The Labute approximate surface area is 350 Å². The smallest absolute Gasteiger partial charge is 0.311 e. The highest BCUT2D eigenvalue weighted by Crippen LogP contribution is 2.41. The van der Waals surface area contributed by atoms with E-state index in [-0.39, 0.29) is 44.8 Å². The molecule has 18 heteroatoms. The summed E-state index contributed by atoms with van der Waals surface area (Å²) < 4.78 is 47.0. The van der Waals surface area contributed by atoms with Crippen LogP contribution >= 0.6 is 0 Å². The molecule has 0 aromatic heterocycles. The van der Waals surface area contributed by atoms with Crippen molar-refractivity contribution in [3.8, 4) is 0 Å². The highest BCUT2D eigenvalue weighted by Gasteiger charge is 2.54. The highest BCUT2D eigenvalue weighted by molar-refractivity contribution is 5.88. The maximum Gasteiger partial charge on any atom is 0.311 e. The number of hydrogen-bond acceptors (Lipinski definition) is 17. The largest absolute Gasteiger partial charge is 0.633 e. The Bertz CT molecular complexity index is 1350. The third-order valence-electron chi connectivity index (χ3n) is 12.7. The minimum Gasteiger partial charge on any atom is -0.633 e. The second-order valence-corrected chi connectivity index (χ2v) is 18.2. The van der Waals surface area contributed by atoms with Crippen LogP contribution in [0.3, 0.4) is 0 Å². The first-order chi connectivity index (χ1) is 27.3. The zero-order valence-electron chi connectivity index (χ0n) is 37.7. The van der Waals surface area contributed by atoms with Crippen molar-refractivity contribution in [3.63, 3.8) is 0 Å². The molecule has 0 saturated carbocycles. The van der Waals surface area contributed by atoms with Crippen LogP contribution in [-0.2, 0) is 47.5 Å². The van der Waals surface area contributed by atoms with Gasteiger partial charge >= 0.3 is 5.97 Å². The molecular weight excluding hydrogens is 776 g/mol. The molecule has 0 bridgehead atoms. The molecule has 0 amide bonds. The molecule has 18 nitrogen and oxygen atoms in total. The summed E-state index contributed by atoms with van der Waals surface area (Å²) in [6.45, 7) is 16.8. The van der Waals surface area contributed by atoms with Crippen LogP contribution in [0.4, 0.5) is 0 Å². The quantitative estimate of drug-likeness (QED) is 0.0587. The van der Waals surface area contributed by atoms with E-state index in [1.165, 1.54) is 42.2 Å². The van der Waals surface area contributed by atoms with Crippen molar-refractivity contribution in [1.82, 2.24) is 0 Å². The zero-order chi connectivity index (χ0) is 44.8. The monoisotopic (exact) mass is 853 g/mol. The number of oxime groups is 1. The first kappa shape index (κ1) is 51.7. The molecule has 59 heavy (non-hydrogen) atoms. The van der Waals surface area contributed by atoms with Gasteiger partial charge in [-0.3, -0.25) is 4.79 Å². The Morgan fingerprint density at radius 2 is 1.56 bits per heavy atom. The molecule has 3 heterocycles. The van der Waals surface area contributed by atoms with Gasteiger partial charge in [-0.2, -0.15) is 0 Å². The van der Waals surface area contributed by atoms with Crippen LogP contribution in [0.2, 0.25) is 0 Å². The molecule has 0 aromatic rings. The molecule has 3 saturated heterocycles.